The zero-order valence-corrected chi connectivity index (χ0v) is 12.2. The van der Waals surface area contributed by atoms with Crippen LogP contribution in [0.15, 0.2) is 40.6 Å². The fourth-order valence-corrected chi connectivity index (χ4v) is 3.29. The molecule has 0 saturated heterocycles. The first kappa shape index (κ1) is 14.5. The van der Waals surface area contributed by atoms with E-state index in [0.717, 1.165) is 18.0 Å². The third-order valence-corrected chi connectivity index (χ3v) is 4.51. The molecule has 0 fully saturated rings. The summed E-state index contributed by atoms with van der Waals surface area (Å²) in [5, 5.41) is 5.70. The molecule has 1 heterocycles. The maximum Gasteiger partial charge on any atom is 0.159 e. The van der Waals surface area contributed by atoms with Gasteiger partial charge in [0.2, 0.25) is 0 Å². The third kappa shape index (κ3) is 4.60. The molecular formula is C14H15F2NS2. The third-order valence-electron chi connectivity index (χ3n) is 2.54. The van der Waals surface area contributed by atoms with Gasteiger partial charge in [-0.05, 0) is 29.6 Å². The summed E-state index contributed by atoms with van der Waals surface area (Å²) in [6.45, 7) is 3.73. The second-order valence-electron chi connectivity index (χ2n) is 4.21. The number of nitrogens with one attached hydrogen (secondary N) is 1. The average molecular weight is 299 g/mol. The number of halogens is 2. The van der Waals surface area contributed by atoms with Gasteiger partial charge in [-0.3, -0.25) is 0 Å². The number of rotatable bonds is 6. The first-order chi connectivity index (χ1) is 9.15. The van der Waals surface area contributed by atoms with Gasteiger partial charge in [-0.25, -0.2) is 8.78 Å². The Morgan fingerprint density at radius 3 is 2.79 bits per heavy atom. The van der Waals surface area contributed by atoms with Crippen molar-refractivity contribution in [3.8, 4) is 0 Å². The lowest BCUT2D eigenvalue weighted by atomic mass is 10.3. The molecule has 1 N–H and O–H groups in total. The maximum absolute atomic E-state index is 13.1. The summed E-state index contributed by atoms with van der Waals surface area (Å²) in [6, 6.07) is 8.14. The van der Waals surface area contributed by atoms with E-state index in [9.17, 15) is 8.78 Å². The van der Waals surface area contributed by atoms with Crippen LogP contribution in [0.1, 0.15) is 11.8 Å². The Balaban J connectivity index is 1.77. The summed E-state index contributed by atoms with van der Waals surface area (Å²) in [6.07, 6.45) is 0. The number of thioether (sulfide) groups is 1. The first-order valence-corrected chi connectivity index (χ1v) is 7.76. The Hall–Kier alpha value is -0.910. The van der Waals surface area contributed by atoms with E-state index in [1.54, 1.807) is 17.4 Å². The molecule has 19 heavy (non-hydrogen) atoms. The fourth-order valence-electron chi connectivity index (χ4n) is 1.64. The summed E-state index contributed by atoms with van der Waals surface area (Å²) in [7, 11) is 0. The standard InChI is InChI=1S/C14H15F2NS2/c1-10(8-17-9-12-3-2-6-18-12)19-11-4-5-13(15)14(16)7-11/h2-7,10,17H,8-9H2,1H3. The van der Waals surface area contributed by atoms with Crippen LogP contribution >= 0.6 is 23.1 Å². The molecule has 102 valence electrons. The van der Waals surface area contributed by atoms with Crippen LogP contribution < -0.4 is 5.32 Å². The van der Waals surface area contributed by atoms with E-state index in [1.807, 2.05) is 6.07 Å². The molecule has 0 radical (unpaired) electrons. The maximum atomic E-state index is 13.1. The Morgan fingerprint density at radius 2 is 2.11 bits per heavy atom. The van der Waals surface area contributed by atoms with Crippen LogP contribution in [0.2, 0.25) is 0 Å². The highest BCUT2D eigenvalue weighted by molar-refractivity contribution is 8.00. The topological polar surface area (TPSA) is 12.0 Å². The lowest BCUT2D eigenvalue weighted by Crippen LogP contribution is -2.21. The molecular weight excluding hydrogens is 284 g/mol. The van der Waals surface area contributed by atoms with E-state index in [2.05, 4.69) is 23.7 Å². The molecule has 1 aromatic carbocycles. The van der Waals surface area contributed by atoms with E-state index in [-0.39, 0.29) is 0 Å². The zero-order chi connectivity index (χ0) is 13.7. The fraction of sp³-hybridized carbons (Fsp3) is 0.286. The van der Waals surface area contributed by atoms with Gasteiger partial charge >= 0.3 is 0 Å². The molecule has 2 rings (SSSR count). The number of benzene rings is 1. The molecule has 1 aromatic heterocycles. The van der Waals surface area contributed by atoms with Gasteiger partial charge in [0.1, 0.15) is 0 Å². The second kappa shape index (κ2) is 7.03. The van der Waals surface area contributed by atoms with Crippen LogP contribution in [0.5, 0.6) is 0 Å². The van der Waals surface area contributed by atoms with E-state index in [4.69, 9.17) is 0 Å². The van der Waals surface area contributed by atoms with Gasteiger partial charge in [0.25, 0.3) is 0 Å². The SMILES string of the molecule is CC(CNCc1cccs1)Sc1ccc(F)c(F)c1. The number of hydrogen-bond donors (Lipinski definition) is 1. The van der Waals surface area contributed by atoms with E-state index < -0.39 is 11.6 Å². The highest BCUT2D eigenvalue weighted by atomic mass is 32.2. The smallest absolute Gasteiger partial charge is 0.159 e. The van der Waals surface area contributed by atoms with Crippen LogP contribution in [0, 0.1) is 11.6 Å². The molecule has 0 aliphatic rings. The van der Waals surface area contributed by atoms with Gasteiger partial charge in [0, 0.05) is 28.1 Å². The summed E-state index contributed by atoms with van der Waals surface area (Å²) in [5.41, 5.74) is 0. The normalized spacial score (nSPS) is 12.6. The van der Waals surface area contributed by atoms with Crippen molar-refractivity contribution in [3.63, 3.8) is 0 Å². The van der Waals surface area contributed by atoms with E-state index in [0.29, 0.717) is 5.25 Å². The largest absolute Gasteiger partial charge is 0.311 e. The van der Waals surface area contributed by atoms with E-state index in [1.165, 1.54) is 28.8 Å². The number of thiophene rings is 1. The summed E-state index contributed by atoms with van der Waals surface area (Å²) in [4.78, 5) is 2.05. The Kier molecular flexibility index (Phi) is 5.36. The Morgan fingerprint density at radius 1 is 1.26 bits per heavy atom. The molecule has 2 aromatic rings. The van der Waals surface area contributed by atoms with Crippen molar-refractivity contribution in [1.82, 2.24) is 5.32 Å². The lowest BCUT2D eigenvalue weighted by molar-refractivity contribution is 0.506. The van der Waals surface area contributed by atoms with Crippen molar-refractivity contribution in [1.29, 1.82) is 0 Å². The Labute approximate surface area is 120 Å². The molecule has 0 spiro atoms. The predicted molar refractivity (Wildman–Crippen MR) is 77.7 cm³/mol. The van der Waals surface area contributed by atoms with Crippen molar-refractivity contribution >= 4 is 23.1 Å². The molecule has 0 aliphatic heterocycles. The average Bonchev–Trinajstić information content (AvgIpc) is 2.87. The minimum atomic E-state index is -0.798. The molecule has 1 nitrogen and oxygen atoms in total. The van der Waals surface area contributed by atoms with Crippen molar-refractivity contribution in [2.75, 3.05) is 6.54 Å². The van der Waals surface area contributed by atoms with E-state index >= 15 is 0 Å². The molecule has 0 bridgehead atoms. The summed E-state index contributed by atoms with van der Waals surface area (Å²) in [5.74, 6) is -1.59. The quantitative estimate of drug-likeness (QED) is 0.798. The van der Waals surface area contributed by atoms with Crippen LogP contribution in [-0.2, 0) is 6.54 Å². The first-order valence-electron chi connectivity index (χ1n) is 6.00. The molecule has 0 aliphatic carbocycles. The van der Waals surface area contributed by atoms with Crippen LogP contribution in [0.4, 0.5) is 8.78 Å². The summed E-state index contributed by atoms with van der Waals surface area (Å²) >= 11 is 3.26. The van der Waals surface area contributed by atoms with Gasteiger partial charge in [0.05, 0.1) is 0 Å². The predicted octanol–water partition coefficient (Wildman–Crippen LogP) is 4.30. The molecule has 5 heteroatoms. The van der Waals surface area contributed by atoms with Gasteiger partial charge in [0.15, 0.2) is 11.6 Å². The van der Waals surface area contributed by atoms with Crippen LogP contribution in [0.3, 0.4) is 0 Å². The van der Waals surface area contributed by atoms with Crippen molar-refractivity contribution in [3.05, 3.63) is 52.2 Å². The van der Waals surface area contributed by atoms with Gasteiger partial charge in [-0.2, -0.15) is 0 Å². The zero-order valence-electron chi connectivity index (χ0n) is 10.5. The monoisotopic (exact) mass is 299 g/mol. The summed E-state index contributed by atoms with van der Waals surface area (Å²) < 4.78 is 25.9. The minimum Gasteiger partial charge on any atom is -0.311 e. The highest BCUT2D eigenvalue weighted by Crippen LogP contribution is 2.24. The number of hydrogen-bond acceptors (Lipinski definition) is 3. The van der Waals surface area contributed by atoms with Gasteiger partial charge < -0.3 is 5.32 Å². The molecule has 0 amide bonds. The highest BCUT2D eigenvalue weighted by Gasteiger charge is 2.07. The molecule has 1 unspecified atom stereocenters. The molecule has 0 saturated carbocycles. The van der Waals surface area contributed by atoms with Crippen LogP contribution in [-0.4, -0.2) is 11.8 Å². The van der Waals surface area contributed by atoms with Crippen LogP contribution in [0.25, 0.3) is 0 Å². The van der Waals surface area contributed by atoms with Crippen molar-refractivity contribution in [2.24, 2.45) is 0 Å². The lowest BCUT2D eigenvalue weighted by Gasteiger charge is -2.12. The van der Waals surface area contributed by atoms with Crippen molar-refractivity contribution < 1.29 is 8.78 Å². The minimum absolute atomic E-state index is 0.296. The second-order valence-corrected chi connectivity index (χ2v) is 6.76. The van der Waals surface area contributed by atoms with Crippen molar-refractivity contribution in [2.45, 2.75) is 23.6 Å². The van der Waals surface area contributed by atoms with Gasteiger partial charge in [-0.15, -0.1) is 23.1 Å². The Bertz CT molecular complexity index is 514. The van der Waals surface area contributed by atoms with Gasteiger partial charge in [-0.1, -0.05) is 13.0 Å². The molecule has 1 atom stereocenters.